The summed E-state index contributed by atoms with van der Waals surface area (Å²) < 4.78 is 12.5. The number of piperidine rings is 2. The van der Waals surface area contributed by atoms with Crippen molar-refractivity contribution >= 4 is 0 Å². The number of likely N-dealkylation sites (tertiary alicyclic amines) is 2. The molecule has 1 N–H and O–H groups in total. The largest absolute Gasteiger partial charge is 1.00 e. The third-order valence-corrected chi connectivity index (χ3v) is 10.0. The van der Waals surface area contributed by atoms with E-state index in [0.29, 0.717) is 29.8 Å². The van der Waals surface area contributed by atoms with Gasteiger partial charge >= 0.3 is 51.4 Å². The van der Waals surface area contributed by atoms with Crippen LogP contribution in [-0.4, -0.2) is 59.9 Å². The van der Waals surface area contributed by atoms with E-state index in [1.807, 2.05) is 0 Å². The van der Waals surface area contributed by atoms with Crippen molar-refractivity contribution in [3.63, 3.8) is 0 Å². The number of rotatable bonds is 9. The maximum Gasteiger partial charge on any atom is 1.00 e. The van der Waals surface area contributed by atoms with Crippen molar-refractivity contribution in [1.29, 1.82) is 0 Å². The van der Waals surface area contributed by atoms with Crippen molar-refractivity contribution in [2.75, 3.05) is 32.8 Å². The van der Waals surface area contributed by atoms with Gasteiger partial charge in [0.1, 0.15) is 6.10 Å². The molecule has 0 aromatic heterocycles. The summed E-state index contributed by atoms with van der Waals surface area (Å²) in [6.45, 7) is 11.5. The summed E-state index contributed by atoms with van der Waals surface area (Å²) in [5.41, 5.74) is 4.01. The van der Waals surface area contributed by atoms with E-state index in [1.54, 1.807) is 0 Å². The summed E-state index contributed by atoms with van der Waals surface area (Å²) >= 11 is 0. The van der Waals surface area contributed by atoms with Gasteiger partial charge in [0.05, 0.1) is 12.7 Å². The number of nitrogens with zero attached hydrogens (tertiary/aromatic N) is 2. The van der Waals surface area contributed by atoms with E-state index in [9.17, 15) is 5.11 Å². The molecule has 4 bridgehead atoms. The van der Waals surface area contributed by atoms with Gasteiger partial charge in [-0.05, 0) is 79.7 Å². The number of hydrogen-bond donors (Lipinski definition) is 1. The van der Waals surface area contributed by atoms with Crippen molar-refractivity contribution < 1.29 is 67.4 Å². The van der Waals surface area contributed by atoms with Gasteiger partial charge in [-0.15, -0.1) is 0 Å². The topological polar surface area (TPSA) is 45.2 Å². The third-order valence-electron chi connectivity index (χ3n) is 10.0. The van der Waals surface area contributed by atoms with Gasteiger partial charge in [-0.25, -0.2) is 0 Å². The van der Waals surface area contributed by atoms with Crippen molar-refractivity contribution in [1.82, 2.24) is 9.80 Å². The minimum atomic E-state index is -0.0213. The fraction of sp³-hybridized carbons (Fsp3) is 0.526. The number of aliphatic hydroxyl groups is 1. The zero-order valence-electron chi connectivity index (χ0n) is 28.1. The molecule has 3 aromatic carbocycles. The van der Waals surface area contributed by atoms with Gasteiger partial charge in [-0.2, -0.15) is 0 Å². The Bertz CT molecular complexity index is 1270. The number of ether oxygens (including phenoxy) is 2. The minimum absolute atomic E-state index is 0. The van der Waals surface area contributed by atoms with Crippen LogP contribution in [0.15, 0.2) is 78.9 Å². The average molecular weight is 623 g/mol. The molecule has 0 radical (unpaired) electrons. The number of fused-ring (bicyclic) bond motifs is 4. The molecular formula is C38H51KN2O3. The van der Waals surface area contributed by atoms with E-state index >= 15 is 0 Å². The van der Waals surface area contributed by atoms with Crippen molar-refractivity contribution in [3.8, 4) is 11.5 Å². The Morgan fingerprint density at radius 3 is 1.73 bits per heavy atom. The quantitative estimate of drug-likeness (QED) is 0.365. The molecule has 232 valence electrons. The molecule has 0 amide bonds. The predicted molar refractivity (Wildman–Crippen MR) is 174 cm³/mol. The van der Waals surface area contributed by atoms with Crippen LogP contribution < -0.4 is 60.9 Å². The molecule has 2 unspecified atom stereocenters. The predicted octanol–water partition coefficient (Wildman–Crippen LogP) is 4.08. The Morgan fingerprint density at radius 1 is 0.705 bits per heavy atom. The van der Waals surface area contributed by atoms with Gasteiger partial charge < -0.3 is 16.0 Å². The second kappa shape index (κ2) is 16.6. The first-order chi connectivity index (χ1) is 21.1. The molecule has 2 aliphatic heterocycles. The molecule has 7 rings (SSSR count). The van der Waals surface area contributed by atoms with Crippen LogP contribution in [0.4, 0.5) is 0 Å². The second-order valence-corrected chi connectivity index (χ2v) is 13.4. The van der Waals surface area contributed by atoms with Gasteiger partial charge in [0.15, 0.2) is 11.5 Å². The smallest absolute Gasteiger partial charge is 1.00 e. The summed E-state index contributed by atoms with van der Waals surface area (Å²) in [4.78, 5) is 5.12. The number of benzene rings is 3. The van der Waals surface area contributed by atoms with Gasteiger partial charge in [0.2, 0.25) is 0 Å². The summed E-state index contributed by atoms with van der Waals surface area (Å²) in [6.07, 6.45) is 6.30. The molecule has 2 heterocycles. The van der Waals surface area contributed by atoms with Gasteiger partial charge in [0, 0.05) is 51.1 Å². The van der Waals surface area contributed by atoms with Crippen molar-refractivity contribution in [2.24, 2.45) is 23.7 Å². The van der Waals surface area contributed by atoms with E-state index in [2.05, 4.69) is 103 Å². The van der Waals surface area contributed by atoms with E-state index < -0.39 is 0 Å². The fourth-order valence-electron chi connectivity index (χ4n) is 7.88. The monoisotopic (exact) mass is 622 g/mol. The van der Waals surface area contributed by atoms with Crippen LogP contribution in [0, 0.1) is 30.6 Å². The van der Waals surface area contributed by atoms with Crippen LogP contribution in [-0.2, 0) is 13.1 Å². The summed E-state index contributed by atoms with van der Waals surface area (Å²) in [5, 5.41) is 9.97. The molecule has 2 saturated heterocycles. The molecule has 3 aromatic rings. The third kappa shape index (κ3) is 8.77. The zero-order chi connectivity index (χ0) is 29.6. The minimum Gasteiger partial charge on any atom is -1.00 e. The molecule has 4 fully saturated rings. The first-order valence-corrected chi connectivity index (χ1v) is 16.7. The summed E-state index contributed by atoms with van der Waals surface area (Å²) in [6, 6.07) is 27.8. The Labute approximate surface area is 309 Å². The van der Waals surface area contributed by atoms with E-state index in [0.717, 1.165) is 63.8 Å². The maximum absolute atomic E-state index is 9.97. The fourth-order valence-corrected chi connectivity index (χ4v) is 7.88. The van der Waals surface area contributed by atoms with Crippen LogP contribution in [0.2, 0.25) is 0 Å². The van der Waals surface area contributed by atoms with Crippen LogP contribution >= 0.6 is 0 Å². The summed E-state index contributed by atoms with van der Waals surface area (Å²) in [5.74, 6) is 4.13. The molecule has 5 nitrogen and oxygen atoms in total. The molecule has 2 aliphatic carbocycles. The van der Waals surface area contributed by atoms with E-state index in [-0.39, 0.29) is 58.9 Å². The summed E-state index contributed by atoms with van der Waals surface area (Å²) in [7, 11) is 0. The first kappa shape index (κ1) is 34.1. The van der Waals surface area contributed by atoms with Crippen LogP contribution in [0.25, 0.3) is 0 Å². The van der Waals surface area contributed by atoms with Crippen molar-refractivity contribution in [2.45, 2.75) is 71.2 Å². The second-order valence-electron chi connectivity index (χ2n) is 13.4. The van der Waals surface area contributed by atoms with E-state index in [4.69, 9.17) is 9.47 Å². The Morgan fingerprint density at radius 2 is 1.20 bits per heavy atom. The van der Waals surface area contributed by atoms with Crippen molar-refractivity contribution in [3.05, 3.63) is 95.6 Å². The van der Waals surface area contributed by atoms with Crippen LogP contribution in [0.3, 0.4) is 0 Å². The SMILES string of the molecule is CCCOc1cc(C)ccc1OC1[C@@H]2CC[C@H]1CN(Cc1ccccc1)C2.OC1[C@@H]2CC[C@H]1CN(Cc1ccccc1)C2.[H-].[K+]. The Balaban J connectivity index is 0.000000220. The van der Waals surface area contributed by atoms with Gasteiger partial charge in [-0.1, -0.05) is 73.7 Å². The Kier molecular flexibility index (Phi) is 12.8. The zero-order valence-corrected chi connectivity index (χ0v) is 30.2. The molecule has 0 spiro atoms. The molecule has 6 heteroatoms. The van der Waals surface area contributed by atoms with Gasteiger partial charge in [-0.3, -0.25) is 9.80 Å². The van der Waals surface area contributed by atoms with Gasteiger partial charge in [0.25, 0.3) is 0 Å². The standard InChI is InChI=1S/C24H31NO2.C14H19NO.K.H/c1-3-13-26-23-14-18(2)9-12-22(23)27-24-20-10-11-21(24)17-25(16-20)15-19-7-5-4-6-8-19;16-14-12-6-7-13(14)10-15(9-12)8-11-4-2-1-3-5-11;;/h4-9,12,14,20-21,24H,3,10-11,13,15-17H2,1-2H3;1-5,12-14,16H,6-10H2;;/q;;+1;-1/t20-,21+,24?;12-,13+,14?;;. The molecular weight excluding hydrogens is 572 g/mol. The molecule has 2 saturated carbocycles. The van der Waals surface area contributed by atoms with Crippen LogP contribution in [0.1, 0.15) is 57.1 Å². The van der Waals surface area contributed by atoms with Crippen LogP contribution in [0.5, 0.6) is 11.5 Å². The number of aryl methyl sites for hydroxylation is 1. The molecule has 44 heavy (non-hydrogen) atoms. The molecule has 4 aliphatic rings. The van der Waals surface area contributed by atoms with E-state index in [1.165, 1.54) is 42.4 Å². The number of hydrogen-bond acceptors (Lipinski definition) is 5. The Hall–Kier alpha value is -1.22. The average Bonchev–Trinajstić information content (AvgIpc) is 3.36. The maximum atomic E-state index is 9.97. The number of aliphatic hydroxyl groups excluding tert-OH is 1. The molecule has 6 atom stereocenters. The normalized spacial score (nSPS) is 27.6. The first-order valence-electron chi connectivity index (χ1n) is 16.7.